The first kappa shape index (κ1) is 20.1. The number of nitrogens with zero attached hydrogens (tertiary/aromatic N) is 3. The van der Waals surface area contributed by atoms with Crippen LogP contribution in [-0.4, -0.2) is 45.0 Å². The van der Waals surface area contributed by atoms with E-state index >= 15 is 0 Å². The number of amides is 4. The molecule has 1 aliphatic carbocycles. The summed E-state index contributed by atoms with van der Waals surface area (Å²) >= 11 is 0. The van der Waals surface area contributed by atoms with Crippen LogP contribution in [0, 0.1) is 12.8 Å². The smallest absolute Gasteiger partial charge is 0.325 e. The molecule has 1 saturated carbocycles. The highest BCUT2D eigenvalue weighted by atomic mass is 16.5. The van der Waals surface area contributed by atoms with Gasteiger partial charge < -0.3 is 15.2 Å². The van der Waals surface area contributed by atoms with Gasteiger partial charge in [-0.1, -0.05) is 30.6 Å². The fourth-order valence-corrected chi connectivity index (χ4v) is 4.27. The number of benzene rings is 1. The minimum absolute atomic E-state index is 0.306. The van der Waals surface area contributed by atoms with Crippen LogP contribution in [0.25, 0.3) is 11.4 Å². The van der Waals surface area contributed by atoms with Crippen molar-refractivity contribution in [1.29, 1.82) is 0 Å². The lowest BCUT2D eigenvalue weighted by Crippen LogP contribution is -2.49. The molecule has 2 N–H and O–H groups in total. The van der Waals surface area contributed by atoms with Gasteiger partial charge in [-0.25, -0.2) is 4.79 Å². The third-order valence-corrected chi connectivity index (χ3v) is 6.05. The molecule has 2 fully saturated rings. The van der Waals surface area contributed by atoms with E-state index in [9.17, 15) is 14.4 Å². The highest BCUT2D eigenvalue weighted by molar-refractivity contribution is 6.10. The Hall–Kier alpha value is -3.23. The van der Waals surface area contributed by atoms with Crippen molar-refractivity contribution in [3.05, 3.63) is 30.2 Å². The van der Waals surface area contributed by atoms with Crippen LogP contribution in [0.1, 0.15) is 44.9 Å². The highest BCUT2D eigenvalue weighted by Gasteiger charge is 2.52. The van der Waals surface area contributed by atoms with Gasteiger partial charge in [0.05, 0.1) is 5.69 Å². The predicted octanol–water partition coefficient (Wildman–Crippen LogP) is 2.87. The summed E-state index contributed by atoms with van der Waals surface area (Å²) in [5.74, 6) is 0.575. The minimum atomic E-state index is -0.858. The summed E-state index contributed by atoms with van der Waals surface area (Å²) in [4.78, 5) is 43.3. The molecular weight excluding hydrogens is 386 g/mol. The molecule has 2 aromatic rings. The average molecular weight is 411 g/mol. The number of hydrogen-bond acceptors (Lipinski definition) is 6. The summed E-state index contributed by atoms with van der Waals surface area (Å²) in [7, 11) is 0. The molecule has 2 aliphatic rings. The molecule has 2 heterocycles. The highest BCUT2D eigenvalue weighted by Crippen LogP contribution is 2.37. The van der Waals surface area contributed by atoms with E-state index in [1.54, 1.807) is 31.2 Å². The van der Waals surface area contributed by atoms with Gasteiger partial charge in [-0.15, -0.1) is 0 Å². The van der Waals surface area contributed by atoms with E-state index in [0.717, 1.165) is 24.2 Å². The normalized spacial score (nSPS) is 23.7. The zero-order valence-electron chi connectivity index (χ0n) is 17.1. The SMILES string of the molecule is CCC1CCC2(CC1)NC(=O)N(CC(=O)Nc1ccccc1-c1noc(C)n1)C2=O. The van der Waals surface area contributed by atoms with Crippen molar-refractivity contribution in [2.24, 2.45) is 5.92 Å². The van der Waals surface area contributed by atoms with Crippen LogP contribution in [0.3, 0.4) is 0 Å². The maximum atomic E-state index is 13.0. The summed E-state index contributed by atoms with van der Waals surface area (Å²) in [6, 6.07) is 6.52. The zero-order chi connectivity index (χ0) is 21.3. The van der Waals surface area contributed by atoms with Crippen LogP contribution in [0.5, 0.6) is 0 Å². The standard InChI is InChI=1S/C21H25N5O4/c1-3-14-8-10-21(11-9-14)19(28)26(20(29)24-21)12-17(27)23-16-7-5-4-6-15(16)18-22-13(2)30-25-18/h4-7,14H,3,8-12H2,1-2H3,(H,23,27)(H,24,29). The average Bonchev–Trinajstić information content (AvgIpc) is 3.26. The van der Waals surface area contributed by atoms with E-state index in [1.165, 1.54) is 0 Å². The first-order valence-corrected chi connectivity index (χ1v) is 10.3. The number of para-hydroxylation sites is 1. The van der Waals surface area contributed by atoms with Crippen molar-refractivity contribution in [2.45, 2.75) is 51.5 Å². The first-order chi connectivity index (χ1) is 14.4. The Morgan fingerprint density at radius 1 is 1.30 bits per heavy atom. The topological polar surface area (TPSA) is 117 Å². The van der Waals surface area contributed by atoms with Crippen LogP contribution >= 0.6 is 0 Å². The number of anilines is 1. The van der Waals surface area contributed by atoms with Gasteiger partial charge in [-0.2, -0.15) is 4.98 Å². The third kappa shape index (κ3) is 3.67. The number of aryl methyl sites for hydroxylation is 1. The van der Waals surface area contributed by atoms with Crippen molar-refractivity contribution in [3.63, 3.8) is 0 Å². The number of carbonyl (C=O) groups excluding carboxylic acids is 3. The van der Waals surface area contributed by atoms with E-state index in [1.807, 2.05) is 0 Å². The second kappa shape index (κ2) is 7.89. The predicted molar refractivity (Wildman–Crippen MR) is 108 cm³/mol. The summed E-state index contributed by atoms with van der Waals surface area (Å²) in [6.45, 7) is 3.48. The Kier molecular flexibility index (Phi) is 5.27. The molecule has 158 valence electrons. The first-order valence-electron chi connectivity index (χ1n) is 10.3. The van der Waals surface area contributed by atoms with Crippen molar-refractivity contribution in [3.8, 4) is 11.4 Å². The van der Waals surface area contributed by atoms with Crippen LogP contribution in [0.4, 0.5) is 10.5 Å². The summed E-state index contributed by atoms with van der Waals surface area (Å²) < 4.78 is 5.01. The zero-order valence-corrected chi connectivity index (χ0v) is 17.1. The van der Waals surface area contributed by atoms with Crippen molar-refractivity contribution >= 4 is 23.5 Å². The van der Waals surface area contributed by atoms with Crippen molar-refractivity contribution in [2.75, 3.05) is 11.9 Å². The molecule has 9 heteroatoms. The summed E-state index contributed by atoms with van der Waals surface area (Å²) in [5, 5.41) is 9.49. The summed E-state index contributed by atoms with van der Waals surface area (Å²) in [6.07, 6.45) is 4.12. The number of nitrogens with one attached hydrogen (secondary N) is 2. The second-order valence-electron chi connectivity index (χ2n) is 7.99. The minimum Gasteiger partial charge on any atom is -0.339 e. The van der Waals surface area contributed by atoms with Gasteiger partial charge >= 0.3 is 6.03 Å². The number of imide groups is 1. The van der Waals surface area contributed by atoms with E-state index in [2.05, 4.69) is 27.7 Å². The van der Waals surface area contributed by atoms with E-state index in [0.29, 0.717) is 41.7 Å². The lowest BCUT2D eigenvalue weighted by molar-refractivity contribution is -0.135. The Morgan fingerprint density at radius 2 is 2.03 bits per heavy atom. The summed E-state index contributed by atoms with van der Waals surface area (Å²) in [5.41, 5.74) is 0.214. The van der Waals surface area contributed by atoms with E-state index < -0.39 is 17.5 Å². The van der Waals surface area contributed by atoms with Crippen LogP contribution in [-0.2, 0) is 9.59 Å². The molecule has 1 aromatic carbocycles. The van der Waals surface area contributed by atoms with Gasteiger partial charge in [0.25, 0.3) is 5.91 Å². The van der Waals surface area contributed by atoms with E-state index in [-0.39, 0.29) is 12.5 Å². The van der Waals surface area contributed by atoms with Gasteiger partial charge in [-0.05, 0) is 43.7 Å². The molecule has 9 nitrogen and oxygen atoms in total. The monoisotopic (exact) mass is 411 g/mol. The molecular formula is C21H25N5O4. The van der Waals surface area contributed by atoms with Crippen LogP contribution in [0.15, 0.2) is 28.8 Å². The maximum absolute atomic E-state index is 13.0. The Labute approximate surface area is 174 Å². The largest absolute Gasteiger partial charge is 0.339 e. The van der Waals surface area contributed by atoms with E-state index in [4.69, 9.17) is 4.52 Å². The van der Waals surface area contributed by atoms with Gasteiger partial charge in [-0.3, -0.25) is 14.5 Å². The number of rotatable bonds is 5. The maximum Gasteiger partial charge on any atom is 0.325 e. The molecule has 0 bridgehead atoms. The molecule has 0 radical (unpaired) electrons. The molecule has 1 aliphatic heterocycles. The van der Waals surface area contributed by atoms with Gasteiger partial charge in [0.1, 0.15) is 12.1 Å². The number of aromatic nitrogens is 2. The Balaban J connectivity index is 1.45. The number of urea groups is 1. The molecule has 30 heavy (non-hydrogen) atoms. The molecule has 4 amide bonds. The molecule has 4 rings (SSSR count). The Morgan fingerprint density at radius 3 is 2.70 bits per heavy atom. The second-order valence-corrected chi connectivity index (χ2v) is 7.99. The lowest BCUT2D eigenvalue weighted by Gasteiger charge is -2.34. The number of hydrogen-bond donors (Lipinski definition) is 2. The van der Waals surface area contributed by atoms with Crippen LogP contribution in [0.2, 0.25) is 0 Å². The molecule has 0 unspecified atom stereocenters. The van der Waals surface area contributed by atoms with Crippen molar-refractivity contribution in [1.82, 2.24) is 20.4 Å². The molecule has 1 aromatic heterocycles. The van der Waals surface area contributed by atoms with Gasteiger partial charge in [0.2, 0.25) is 17.6 Å². The fourth-order valence-electron chi connectivity index (χ4n) is 4.27. The Bertz CT molecular complexity index is 977. The fraction of sp³-hybridized carbons (Fsp3) is 0.476. The number of carbonyl (C=O) groups is 3. The van der Waals surface area contributed by atoms with Gasteiger partial charge in [0.15, 0.2) is 0 Å². The molecule has 1 spiro atoms. The van der Waals surface area contributed by atoms with Crippen molar-refractivity contribution < 1.29 is 18.9 Å². The molecule has 1 saturated heterocycles. The quantitative estimate of drug-likeness (QED) is 0.731. The third-order valence-electron chi connectivity index (χ3n) is 6.05. The lowest BCUT2D eigenvalue weighted by atomic mass is 9.75. The molecule has 0 atom stereocenters. The van der Waals surface area contributed by atoms with Gasteiger partial charge in [0, 0.05) is 12.5 Å². The van der Waals surface area contributed by atoms with Crippen LogP contribution < -0.4 is 10.6 Å².